The molecule has 3 aromatic rings. The number of hydrogen-bond donors (Lipinski definition) is 0. The number of nitrogens with zero attached hydrogens (tertiary/aromatic N) is 3. The predicted octanol–water partition coefficient (Wildman–Crippen LogP) is 4.43. The fourth-order valence-corrected chi connectivity index (χ4v) is 4.68. The quantitative estimate of drug-likeness (QED) is 0.527. The molecule has 0 amide bonds. The van der Waals surface area contributed by atoms with E-state index in [4.69, 9.17) is 9.26 Å². The molecule has 8 heteroatoms. The fraction of sp³-hybridized carbons (Fsp3) is 0.364. The molecule has 160 valence electrons. The lowest BCUT2D eigenvalue weighted by molar-refractivity contribution is 0.301. The monoisotopic (exact) mass is 429 g/mol. The van der Waals surface area contributed by atoms with Crippen LogP contribution in [0.25, 0.3) is 0 Å². The van der Waals surface area contributed by atoms with Crippen LogP contribution in [0.2, 0.25) is 0 Å². The summed E-state index contributed by atoms with van der Waals surface area (Å²) in [6.45, 7) is 10.2. The number of aromatic nitrogens is 2. The number of ether oxygens (including phenoxy) is 1. The molecule has 0 fully saturated rings. The normalized spacial score (nSPS) is 11.7. The van der Waals surface area contributed by atoms with Crippen LogP contribution in [0.3, 0.4) is 0 Å². The van der Waals surface area contributed by atoms with Gasteiger partial charge in [-0.2, -0.15) is 0 Å². The minimum absolute atomic E-state index is 0.158. The van der Waals surface area contributed by atoms with Crippen molar-refractivity contribution in [3.63, 3.8) is 0 Å². The van der Waals surface area contributed by atoms with Gasteiger partial charge in [0.15, 0.2) is 0 Å². The molecule has 0 saturated heterocycles. The summed E-state index contributed by atoms with van der Waals surface area (Å²) in [5, 5.41) is 3.91. The Morgan fingerprint density at radius 1 is 1.10 bits per heavy atom. The maximum Gasteiger partial charge on any atom is 0.264 e. The summed E-state index contributed by atoms with van der Waals surface area (Å²) < 4.78 is 39.1. The molecule has 3 rings (SSSR count). The van der Waals surface area contributed by atoms with Gasteiger partial charge in [-0.3, -0.25) is 9.29 Å². The Hall–Kier alpha value is -2.87. The van der Waals surface area contributed by atoms with Gasteiger partial charge in [0.1, 0.15) is 18.1 Å². The van der Waals surface area contributed by atoms with Gasteiger partial charge in [0.25, 0.3) is 10.0 Å². The number of anilines is 1. The number of aryl methyl sites for hydroxylation is 3. The van der Waals surface area contributed by atoms with E-state index in [1.54, 1.807) is 42.6 Å². The summed E-state index contributed by atoms with van der Waals surface area (Å²) in [5.41, 5.74) is 3.04. The lowest BCUT2D eigenvalue weighted by atomic mass is 10.2. The molecule has 0 aliphatic carbocycles. The minimum Gasteiger partial charge on any atom is -0.489 e. The van der Waals surface area contributed by atoms with Gasteiger partial charge in [-0.05, 0) is 63.1 Å². The minimum atomic E-state index is -3.73. The SMILES string of the molecule is Cc1cc(N(CC(C)C)S(=O)(=O)c2ccc(OCc3c(C)noc3C)cc2)ccn1. The van der Waals surface area contributed by atoms with Crippen LogP contribution in [0.5, 0.6) is 5.75 Å². The van der Waals surface area contributed by atoms with Crippen molar-refractivity contribution in [2.75, 3.05) is 10.8 Å². The Labute approximate surface area is 177 Å². The first-order valence-corrected chi connectivity index (χ1v) is 11.2. The van der Waals surface area contributed by atoms with Crippen molar-refractivity contribution in [2.24, 2.45) is 5.92 Å². The summed E-state index contributed by atoms with van der Waals surface area (Å²) in [7, 11) is -3.73. The third-order valence-corrected chi connectivity index (χ3v) is 6.48. The Morgan fingerprint density at radius 2 is 1.80 bits per heavy atom. The van der Waals surface area contributed by atoms with Crippen LogP contribution in [-0.2, 0) is 16.6 Å². The highest BCUT2D eigenvalue weighted by molar-refractivity contribution is 7.92. The molecular weight excluding hydrogens is 402 g/mol. The van der Waals surface area contributed by atoms with Gasteiger partial charge in [-0.15, -0.1) is 0 Å². The van der Waals surface area contributed by atoms with Crippen LogP contribution in [0.4, 0.5) is 5.69 Å². The molecule has 2 heterocycles. The number of sulfonamides is 1. The highest BCUT2D eigenvalue weighted by Crippen LogP contribution is 2.27. The molecule has 0 unspecified atom stereocenters. The van der Waals surface area contributed by atoms with E-state index in [-0.39, 0.29) is 10.8 Å². The lowest BCUT2D eigenvalue weighted by Gasteiger charge is -2.26. The lowest BCUT2D eigenvalue weighted by Crippen LogP contribution is -2.34. The van der Waals surface area contributed by atoms with Gasteiger partial charge in [-0.1, -0.05) is 19.0 Å². The maximum atomic E-state index is 13.4. The van der Waals surface area contributed by atoms with Crippen molar-refractivity contribution in [1.82, 2.24) is 10.1 Å². The van der Waals surface area contributed by atoms with E-state index in [1.807, 2.05) is 34.6 Å². The van der Waals surface area contributed by atoms with Gasteiger partial charge < -0.3 is 9.26 Å². The van der Waals surface area contributed by atoms with Gasteiger partial charge in [0.2, 0.25) is 0 Å². The first kappa shape index (κ1) is 21.8. The first-order chi connectivity index (χ1) is 14.2. The topological polar surface area (TPSA) is 85.5 Å². The summed E-state index contributed by atoms with van der Waals surface area (Å²) >= 11 is 0. The number of pyridine rings is 1. The van der Waals surface area contributed by atoms with Crippen LogP contribution in [0.1, 0.15) is 36.6 Å². The fourth-order valence-electron chi connectivity index (χ4n) is 3.06. The Kier molecular flexibility index (Phi) is 6.45. The number of benzene rings is 1. The smallest absolute Gasteiger partial charge is 0.264 e. The molecule has 0 aliphatic rings. The molecule has 30 heavy (non-hydrogen) atoms. The average molecular weight is 430 g/mol. The highest BCUT2D eigenvalue weighted by Gasteiger charge is 2.26. The molecule has 1 aromatic carbocycles. The van der Waals surface area contributed by atoms with Gasteiger partial charge in [-0.25, -0.2) is 8.42 Å². The van der Waals surface area contributed by atoms with E-state index in [9.17, 15) is 8.42 Å². The van der Waals surface area contributed by atoms with Crippen LogP contribution in [-0.4, -0.2) is 25.1 Å². The second-order valence-corrected chi connectivity index (χ2v) is 9.51. The zero-order valence-electron chi connectivity index (χ0n) is 17.9. The zero-order chi connectivity index (χ0) is 21.9. The van der Waals surface area contributed by atoms with Crippen LogP contribution in [0, 0.1) is 26.7 Å². The molecular formula is C22H27N3O4S. The molecule has 0 saturated carbocycles. The van der Waals surface area contributed by atoms with E-state index >= 15 is 0 Å². The zero-order valence-corrected chi connectivity index (χ0v) is 18.7. The van der Waals surface area contributed by atoms with Gasteiger partial charge in [0, 0.05) is 18.4 Å². The predicted molar refractivity (Wildman–Crippen MR) is 115 cm³/mol. The Morgan fingerprint density at radius 3 is 2.37 bits per heavy atom. The van der Waals surface area contributed by atoms with Crippen molar-refractivity contribution in [1.29, 1.82) is 0 Å². The molecule has 0 spiro atoms. The van der Waals surface area contributed by atoms with E-state index in [1.165, 1.54) is 4.31 Å². The van der Waals surface area contributed by atoms with Gasteiger partial charge >= 0.3 is 0 Å². The van der Waals surface area contributed by atoms with Crippen LogP contribution < -0.4 is 9.04 Å². The second-order valence-electron chi connectivity index (χ2n) is 7.65. The van der Waals surface area contributed by atoms with Crippen molar-refractivity contribution in [2.45, 2.75) is 46.1 Å². The van der Waals surface area contributed by atoms with Crippen molar-refractivity contribution in [3.05, 3.63) is 65.3 Å². The van der Waals surface area contributed by atoms with E-state index in [0.29, 0.717) is 30.3 Å². The molecule has 0 aliphatic heterocycles. The van der Waals surface area contributed by atoms with E-state index in [0.717, 1.165) is 17.0 Å². The van der Waals surface area contributed by atoms with Crippen molar-refractivity contribution >= 4 is 15.7 Å². The summed E-state index contributed by atoms with van der Waals surface area (Å²) in [6, 6.07) is 9.96. The summed E-state index contributed by atoms with van der Waals surface area (Å²) in [4.78, 5) is 4.38. The Bertz CT molecular complexity index is 1090. The van der Waals surface area contributed by atoms with Crippen molar-refractivity contribution in [3.8, 4) is 5.75 Å². The third-order valence-electron chi connectivity index (χ3n) is 4.68. The number of hydrogen-bond acceptors (Lipinski definition) is 6. The first-order valence-electron chi connectivity index (χ1n) is 9.78. The standard InChI is InChI=1S/C22H27N3O4S/c1-15(2)13-25(19-10-11-23-16(3)12-19)30(26,27)21-8-6-20(7-9-21)28-14-22-17(4)24-29-18(22)5/h6-12,15H,13-14H2,1-5H3. The molecule has 2 aromatic heterocycles. The maximum absolute atomic E-state index is 13.4. The van der Waals surface area contributed by atoms with Crippen molar-refractivity contribution < 1.29 is 17.7 Å². The second kappa shape index (κ2) is 8.87. The highest BCUT2D eigenvalue weighted by atomic mass is 32.2. The average Bonchev–Trinajstić information content (AvgIpc) is 3.02. The molecule has 0 radical (unpaired) electrons. The molecule has 7 nitrogen and oxygen atoms in total. The van der Waals surface area contributed by atoms with Gasteiger partial charge in [0.05, 0.1) is 21.8 Å². The molecule has 0 atom stereocenters. The largest absolute Gasteiger partial charge is 0.489 e. The molecule has 0 bridgehead atoms. The third kappa shape index (κ3) is 4.81. The van der Waals surface area contributed by atoms with Crippen LogP contribution in [0.15, 0.2) is 52.0 Å². The van der Waals surface area contributed by atoms with Crippen LogP contribution >= 0.6 is 0 Å². The summed E-state index contributed by atoms with van der Waals surface area (Å²) in [5.74, 6) is 1.44. The van der Waals surface area contributed by atoms with E-state index in [2.05, 4.69) is 10.1 Å². The van der Waals surface area contributed by atoms with E-state index < -0.39 is 10.0 Å². The molecule has 0 N–H and O–H groups in total. The number of rotatable bonds is 8. The summed E-state index contributed by atoms with van der Waals surface area (Å²) in [6.07, 6.45) is 1.62. The Balaban J connectivity index is 1.83.